The minimum absolute atomic E-state index is 0. The Morgan fingerprint density at radius 3 is 2.29 bits per heavy atom. The van der Waals surface area contributed by atoms with Gasteiger partial charge in [0.2, 0.25) is 0 Å². The van der Waals surface area contributed by atoms with Gasteiger partial charge in [-0.2, -0.15) is 11.5 Å². The van der Waals surface area contributed by atoms with Crippen molar-refractivity contribution in [2.45, 2.75) is 14.2 Å². The summed E-state index contributed by atoms with van der Waals surface area (Å²) in [6.45, 7) is 1.98. The van der Waals surface area contributed by atoms with Crippen LogP contribution < -0.4 is 30.3 Å². The molecule has 0 aliphatic rings. The predicted octanol–water partition coefficient (Wildman–Crippen LogP) is -3.03. The number of benzene rings is 2. The molecule has 0 aliphatic carbocycles. The Hall–Kier alpha value is 0.434. The van der Waals surface area contributed by atoms with Gasteiger partial charge in [0, 0.05) is 0 Å². The normalized spacial score (nSPS) is 7.88. The van der Waals surface area contributed by atoms with Gasteiger partial charge < -0.3 is 24.8 Å². The molecular weight excluding hydrogens is 380 g/mol. The van der Waals surface area contributed by atoms with E-state index in [4.69, 9.17) is 11.5 Å². The van der Waals surface area contributed by atoms with Crippen molar-refractivity contribution in [3.05, 3.63) is 42.5 Å². The molecule has 2 aromatic rings. The number of hydrogen-bond acceptors (Lipinski definition) is 0. The van der Waals surface area contributed by atoms with Crippen molar-refractivity contribution in [1.82, 2.24) is 0 Å². The quantitative estimate of drug-likeness (QED) is 0.453. The molecule has 0 unspecified atom stereocenters. The summed E-state index contributed by atoms with van der Waals surface area (Å²) in [5.74, 6) is 0. The molecule has 0 fully saturated rings. The Morgan fingerprint density at radius 2 is 1.71 bits per heavy atom. The molecule has 5 heteroatoms. The van der Waals surface area contributed by atoms with Crippen molar-refractivity contribution in [2.24, 2.45) is 0 Å². The van der Waals surface area contributed by atoms with Crippen LogP contribution in [0.3, 0.4) is 0 Å². The van der Waals surface area contributed by atoms with Gasteiger partial charge >= 0.3 is 23.9 Å². The second kappa shape index (κ2) is 10.4. The van der Waals surface area contributed by atoms with Gasteiger partial charge in [-0.05, 0) is 16.8 Å². The standard InChI is InChI=1S/C11H9BCl.CH4.2ClH.Sn/c1-12(13)11-8-4-6-9-5-2-3-7-10(9)11;;;;/h2-6,8H,1H3;1H4;2*1H;/q;;;;+2/p-2. The molecule has 0 heterocycles. The van der Waals surface area contributed by atoms with Gasteiger partial charge in [-0.1, -0.05) is 56.1 Å². The summed E-state index contributed by atoms with van der Waals surface area (Å²) < 4.78 is 0. The number of hydrogen-bond donors (Lipinski definition) is 0. The zero-order valence-corrected chi connectivity index (χ0v) is 13.8. The van der Waals surface area contributed by atoms with Crippen LogP contribution >= 0.6 is 11.5 Å². The van der Waals surface area contributed by atoms with Gasteiger partial charge in [0.05, 0.1) is 0 Å². The van der Waals surface area contributed by atoms with Crippen LogP contribution in [0, 0.1) is 6.07 Å². The van der Waals surface area contributed by atoms with Crippen LogP contribution in [0.15, 0.2) is 36.4 Å². The van der Waals surface area contributed by atoms with E-state index in [-0.39, 0.29) is 62.3 Å². The first kappa shape index (κ1) is 22.6. The fraction of sp³-hybridized carbons (Fsp3) is 0.167. The molecule has 0 aromatic heterocycles. The zero-order chi connectivity index (χ0) is 9.26. The molecule has 0 amide bonds. The first-order valence-corrected chi connectivity index (χ1v) is 4.76. The first-order valence-electron chi connectivity index (χ1n) is 4.32. The number of halogens is 3. The molecule has 2 rings (SSSR count). The Kier molecular flexibility index (Phi) is 13.8. The molecule has 0 saturated heterocycles. The minimum Gasteiger partial charge on any atom is -1.00 e. The molecule has 89 valence electrons. The van der Waals surface area contributed by atoms with Crippen LogP contribution in [-0.4, -0.2) is 30.0 Å². The molecule has 17 heavy (non-hydrogen) atoms. The average Bonchev–Trinajstić information content (AvgIpc) is 2.17. The van der Waals surface area contributed by atoms with E-state index in [2.05, 4.69) is 24.3 Å². The molecule has 3 radical (unpaired) electrons. The molecule has 0 saturated carbocycles. The third kappa shape index (κ3) is 5.29. The molecular formula is C12H13BCl3Sn. The topological polar surface area (TPSA) is 0 Å². The summed E-state index contributed by atoms with van der Waals surface area (Å²) >= 11 is 6.06. The minimum atomic E-state index is 0. The van der Waals surface area contributed by atoms with E-state index in [0.29, 0.717) is 0 Å². The second-order valence-corrected chi connectivity index (χ2v) is 3.75. The summed E-state index contributed by atoms with van der Waals surface area (Å²) in [6.07, 6.45) is 0.0438. The SMILES string of the molecule is C.CB(Cl)c1cccc2ccc[c]c12.[Cl-].[Cl-].[Sn+2]. The van der Waals surface area contributed by atoms with E-state index < -0.39 is 0 Å². The van der Waals surface area contributed by atoms with Crippen LogP contribution in [0.2, 0.25) is 6.82 Å². The summed E-state index contributed by atoms with van der Waals surface area (Å²) in [6, 6.07) is 15.4. The maximum atomic E-state index is 6.06. The molecule has 0 atom stereocenters. The van der Waals surface area contributed by atoms with E-state index in [1.807, 2.05) is 25.0 Å². The van der Waals surface area contributed by atoms with E-state index >= 15 is 0 Å². The van der Waals surface area contributed by atoms with Crippen LogP contribution in [0.1, 0.15) is 7.43 Å². The number of rotatable bonds is 1. The van der Waals surface area contributed by atoms with Crippen molar-refractivity contribution in [1.29, 1.82) is 0 Å². The van der Waals surface area contributed by atoms with Crippen molar-refractivity contribution < 1.29 is 24.8 Å². The van der Waals surface area contributed by atoms with Crippen molar-refractivity contribution >= 4 is 57.7 Å². The fourth-order valence-corrected chi connectivity index (χ4v) is 1.69. The van der Waals surface area contributed by atoms with Crippen molar-refractivity contribution in [3.63, 3.8) is 0 Å². The molecule has 0 bridgehead atoms. The largest absolute Gasteiger partial charge is 2.00 e. The molecule has 0 spiro atoms. The fourth-order valence-electron chi connectivity index (χ4n) is 1.51. The third-order valence-corrected chi connectivity index (χ3v) is 2.39. The van der Waals surface area contributed by atoms with Crippen molar-refractivity contribution in [3.8, 4) is 0 Å². The van der Waals surface area contributed by atoms with Crippen LogP contribution in [-0.2, 0) is 0 Å². The van der Waals surface area contributed by atoms with Gasteiger partial charge in [0.1, 0.15) is 0 Å². The van der Waals surface area contributed by atoms with Gasteiger partial charge in [-0.25, -0.2) is 0 Å². The summed E-state index contributed by atoms with van der Waals surface area (Å²) in [5, 5.41) is 2.33. The Balaban J connectivity index is -0.000000490. The second-order valence-electron chi connectivity index (χ2n) is 3.10. The van der Waals surface area contributed by atoms with Gasteiger partial charge in [-0.15, -0.1) is 0 Å². The maximum Gasteiger partial charge on any atom is 2.00 e. The van der Waals surface area contributed by atoms with Gasteiger partial charge in [0.15, 0.2) is 0 Å². The van der Waals surface area contributed by atoms with Crippen LogP contribution in [0.5, 0.6) is 0 Å². The predicted molar refractivity (Wildman–Crippen MR) is 72.4 cm³/mol. The molecule has 0 N–H and O–H groups in total. The third-order valence-electron chi connectivity index (χ3n) is 2.16. The average molecular weight is 393 g/mol. The first-order chi connectivity index (χ1) is 6.29. The summed E-state index contributed by atoms with van der Waals surface area (Å²) in [4.78, 5) is 0. The van der Waals surface area contributed by atoms with Crippen LogP contribution in [0.25, 0.3) is 10.8 Å². The zero-order valence-electron chi connectivity index (χ0n) is 8.68. The van der Waals surface area contributed by atoms with Gasteiger partial charge in [-0.3, -0.25) is 0 Å². The Morgan fingerprint density at radius 1 is 1.12 bits per heavy atom. The van der Waals surface area contributed by atoms with E-state index in [1.165, 1.54) is 5.39 Å². The summed E-state index contributed by atoms with van der Waals surface area (Å²) in [5.41, 5.74) is 1.15. The van der Waals surface area contributed by atoms with E-state index in [0.717, 1.165) is 10.8 Å². The van der Waals surface area contributed by atoms with Gasteiger partial charge in [0.25, 0.3) is 6.13 Å². The maximum absolute atomic E-state index is 6.06. The van der Waals surface area contributed by atoms with E-state index in [1.54, 1.807) is 0 Å². The molecule has 2 aromatic carbocycles. The van der Waals surface area contributed by atoms with Crippen LogP contribution in [0.4, 0.5) is 0 Å². The van der Waals surface area contributed by atoms with E-state index in [9.17, 15) is 0 Å². The Labute approximate surface area is 138 Å². The monoisotopic (exact) mass is 393 g/mol. The molecule has 0 aliphatic heterocycles. The number of fused-ring (bicyclic) bond motifs is 1. The smallest absolute Gasteiger partial charge is 1.00 e. The Bertz CT molecular complexity index is 430. The summed E-state index contributed by atoms with van der Waals surface area (Å²) in [7, 11) is 0. The van der Waals surface area contributed by atoms with Crippen molar-refractivity contribution in [2.75, 3.05) is 0 Å². The molecule has 0 nitrogen and oxygen atoms in total.